The SMILES string of the molecule is COc1cc(-c2ncc(C)o2)cc(OCc2ccccc2)c1Br. The first-order valence-corrected chi connectivity index (χ1v) is 7.93. The molecule has 0 fully saturated rings. The van der Waals surface area contributed by atoms with Gasteiger partial charge in [-0.2, -0.15) is 0 Å². The number of halogens is 1. The summed E-state index contributed by atoms with van der Waals surface area (Å²) in [5.74, 6) is 2.65. The first-order valence-electron chi connectivity index (χ1n) is 7.14. The van der Waals surface area contributed by atoms with Crippen molar-refractivity contribution in [3.8, 4) is 23.0 Å². The van der Waals surface area contributed by atoms with Gasteiger partial charge < -0.3 is 13.9 Å². The van der Waals surface area contributed by atoms with Gasteiger partial charge in [-0.1, -0.05) is 30.3 Å². The van der Waals surface area contributed by atoms with Crippen molar-refractivity contribution in [2.24, 2.45) is 0 Å². The molecule has 0 saturated heterocycles. The van der Waals surface area contributed by atoms with Gasteiger partial charge >= 0.3 is 0 Å². The predicted octanol–water partition coefficient (Wildman–Crippen LogP) is 5.00. The zero-order valence-electron chi connectivity index (χ0n) is 12.9. The minimum Gasteiger partial charge on any atom is -0.495 e. The van der Waals surface area contributed by atoms with E-state index in [4.69, 9.17) is 13.9 Å². The van der Waals surface area contributed by atoms with Crippen LogP contribution in [0.25, 0.3) is 11.5 Å². The van der Waals surface area contributed by atoms with Gasteiger partial charge in [-0.25, -0.2) is 4.98 Å². The molecule has 4 nitrogen and oxygen atoms in total. The number of hydrogen-bond acceptors (Lipinski definition) is 4. The zero-order chi connectivity index (χ0) is 16.2. The fraction of sp³-hybridized carbons (Fsp3) is 0.167. The molecule has 1 heterocycles. The quantitative estimate of drug-likeness (QED) is 0.631. The van der Waals surface area contributed by atoms with E-state index in [1.165, 1.54) is 0 Å². The number of ether oxygens (including phenoxy) is 2. The van der Waals surface area contributed by atoms with Crippen LogP contribution in [0.1, 0.15) is 11.3 Å². The Balaban J connectivity index is 1.92. The third-order valence-electron chi connectivity index (χ3n) is 3.33. The predicted molar refractivity (Wildman–Crippen MR) is 91.7 cm³/mol. The second-order valence-corrected chi connectivity index (χ2v) is 5.83. The Morgan fingerprint density at radius 2 is 1.87 bits per heavy atom. The van der Waals surface area contributed by atoms with E-state index in [9.17, 15) is 0 Å². The third-order valence-corrected chi connectivity index (χ3v) is 4.11. The summed E-state index contributed by atoms with van der Waals surface area (Å²) in [6.07, 6.45) is 1.69. The molecule has 0 unspecified atom stereocenters. The number of nitrogens with zero attached hydrogens (tertiary/aromatic N) is 1. The van der Waals surface area contributed by atoms with Gasteiger partial charge in [0.25, 0.3) is 0 Å². The lowest BCUT2D eigenvalue weighted by Crippen LogP contribution is -1.97. The van der Waals surface area contributed by atoms with Gasteiger partial charge in [0.15, 0.2) is 0 Å². The van der Waals surface area contributed by atoms with Crippen LogP contribution in [0.15, 0.2) is 57.6 Å². The zero-order valence-corrected chi connectivity index (χ0v) is 14.5. The topological polar surface area (TPSA) is 44.5 Å². The van der Waals surface area contributed by atoms with E-state index < -0.39 is 0 Å². The molecule has 0 bridgehead atoms. The highest BCUT2D eigenvalue weighted by Crippen LogP contribution is 2.39. The van der Waals surface area contributed by atoms with Crippen LogP contribution in [0, 0.1) is 6.92 Å². The maximum atomic E-state index is 5.94. The van der Waals surface area contributed by atoms with Gasteiger partial charge in [0, 0.05) is 5.56 Å². The van der Waals surface area contributed by atoms with Crippen LogP contribution in [0.2, 0.25) is 0 Å². The lowest BCUT2D eigenvalue weighted by Gasteiger charge is -2.12. The van der Waals surface area contributed by atoms with Crippen molar-refractivity contribution in [3.63, 3.8) is 0 Å². The molecule has 0 radical (unpaired) electrons. The van der Waals surface area contributed by atoms with Crippen molar-refractivity contribution >= 4 is 15.9 Å². The van der Waals surface area contributed by atoms with Crippen molar-refractivity contribution < 1.29 is 13.9 Å². The Bertz CT molecular complexity index is 799. The Morgan fingerprint density at radius 1 is 1.13 bits per heavy atom. The summed E-state index contributed by atoms with van der Waals surface area (Å²) in [5, 5.41) is 0. The minimum absolute atomic E-state index is 0.469. The van der Waals surface area contributed by atoms with E-state index in [2.05, 4.69) is 20.9 Å². The van der Waals surface area contributed by atoms with Gasteiger partial charge in [-0.05, 0) is 40.5 Å². The first kappa shape index (κ1) is 15.6. The molecule has 0 aliphatic heterocycles. The number of benzene rings is 2. The van der Waals surface area contributed by atoms with Crippen LogP contribution in [-0.4, -0.2) is 12.1 Å². The van der Waals surface area contributed by atoms with Crippen LogP contribution < -0.4 is 9.47 Å². The van der Waals surface area contributed by atoms with Crippen molar-refractivity contribution in [2.75, 3.05) is 7.11 Å². The standard InChI is InChI=1S/C18H16BrNO3/c1-12-10-20-18(23-12)14-8-15(21-2)17(19)16(9-14)22-11-13-6-4-3-5-7-13/h3-10H,11H2,1-2H3. The monoisotopic (exact) mass is 373 g/mol. The van der Waals surface area contributed by atoms with Gasteiger partial charge in [0.05, 0.1) is 13.3 Å². The maximum absolute atomic E-state index is 5.94. The Morgan fingerprint density at radius 3 is 2.52 bits per heavy atom. The summed E-state index contributed by atoms with van der Waals surface area (Å²) in [4.78, 5) is 4.26. The molecule has 0 N–H and O–H groups in total. The molecule has 1 aromatic heterocycles. The summed E-state index contributed by atoms with van der Waals surface area (Å²) in [7, 11) is 1.62. The van der Waals surface area contributed by atoms with E-state index in [1.807, 2.05) is 49.4 Å². The summed E-state index contributed by atoms with van der Waals surface area (Å²) >= 11 is 3.53. The van der Waals surface area contributed by atoms with Crippen LogP contribution in [0.3, 0.4) is 0 Å². The molecular weight excluding hydrogens is 358 g/mol. The average Bonchev–Trinajstić information content (AvgIpc) is 3.01. The summed E-state index contributed by atoms with van der Waals surface area (Å²) < 4.78 is 17.7. The normalized spacial score (nSPS) is 10.6. The van der Waals surface area contributed by atoms with E-state index >= 15 is 0 Å². The highest BCUT2D eigenvalue weighted by Gasteiger charge is 2.14. The summed E-state index contributed by atoms with van der Waals surface area (Å²) in [6, 6.07) is 13.7. The fourth-order valence-electron chi connectivity index (χ4n) is 2.17. The number of methoxy groups -OCH3 is 1. The molecule has 5 heteroatoms. The molecule has 118 valence electrons. The number of rotatable bonds is 5. The molecule has 0 amide bonds. The maximum Gasteiger partial charge on any atom is 0.226 e. The summed E-state index contributed by atoms with van der Waals surface area (Å²) in [6.45, 7) is 2.33. The van der Waals surface area contributed by atoms with Crippen molar-refractivity contribution in [1.29, 1.82) is 0 Å². The number of hydrogen-bond donors (Lipinski definition) is 0. The van der Waals surface area contributed by atoms with E-state index in [0.717, 1.165) is 21.4 Å². The Kier molecular flexibility index (Phi) is 4.67. The second-order valence-electron chi connectivity index (χ2n) is 5.04. The number of oxazole rings is 1. The van der Waals surface area contributed by atoms with Gasteiger partial charge in [0.2, 0.25) is 5.89 Å². The van der Waals surface area contributed by atoms with E-state index in [0.29, 0.717) is 24.0 Å². The van der Waals surface area contributed by atoms with Crippen molar-refractivity contribution in [2.45, 2.75) is 13.5 Å². The van der Waals surface area contributed by atoms with Gasteiger partial charge in [-0.3, -0.25) is 0 Å². The molecule has 0 atom stereocenters. The summed E-state index contributed by atoms with van der Waals surface area (Å²) in [5.41, 5.74) is 1.90. The third kappa shape index (κ3) is 3.56. The van der Waals surface area contributed by atoms with Crippen LogP contribution in [0.4, 0.5) is 0 Å². The molecule has 2 aromatic carbocycles. The highest BCUT2D eigenvalue weighted by molar-refractivity contribution is 9.10. The number of aryl methyl sites for hydroxylation is 1. The minimum atomic E-state index is 0.469. The van der Waals surface area contributed by atoms with Crippen LogP contribution in [-0.2, 0) is 6.61 Å². The molecule has 0 spiro atoms. The Labute approximate surface area is 143 Å². The molecule has 0 aliphatic carbocycles. The Hall–Kier alpha value is -2.27. The highest BCUT2D eigenvalue weighted by atomic mass is 79.9. The van der Waals surface area contributed by atoms with Crippen LogP contribution >= 0.6 is 15.9 Å². The lowest BCUT2D eigenvalue weighted by atomic mass is 10.2. The molecule has 3 aromatic rings. The average molecular weight is 374 g/mol. The molecule has 0 aliphatic rings. The van der Waals surface area contributed by atoms with E-state index in [1.54, 1.807) is 13.3 Å². The smallest absolute Gasteiger partial charge is 0.226 e. The van der Waals surface area contributed by atoms with Crippen molar-refractivity contribution in [1.82, 2.24) is 4.98 Å². The van der Waals surface area contributed by atoms with Gasteiger partial charge in [-0.15, -0.1) is 0 Å². The second kappa shape index (κ2) is 6.87. The molecule has 23 heavy (non-hydrogen) atoms. The van der Waals surface area contributed by atoms with Gasteiger partial charge in [0.1, 0.15) is 28.3 Å². The first-order chi connectivity index (χ1) is 11.2. The fourth-order valence-corrected chi connectivity index (χ4v) is 2.68. The van der Waals surface area contributed by atoms with Crippen molar-refractivity contribution in [3.05, 3.63) is 64.5 Å². The molecular formula is C18H16BrNO3. The lowest BCUT2D eigenvalue weighted by molar-refractivity contribution is 0.301. The molecule has 3 rings (SSSR count). The largest absolute Gasteiger partial charge is 0.495 e. The number of aromatic nitrogens is 1. The van der Waals surface area contributed by atoms with E-state index in [-0.39, 0.29) is 0 Å². The molecule has 0 saturated carbocycles. The van der Waals surface area contributed by atoms with Crippen LogP contribution in [0.5, 0.6) is 11.5 Å².